The van der Waals surface area contributed by atoms with Gasteiger partial charge in [0.1, 0.15) is 5.75 Å². The lowest BCUT2D eigenvalue weighted by atomic mass is 10.1. The second-order valence-corrected chi connectivity index (χ2v) is 5.22. The summed E-state index contributed by atoms with van der Waals surface area (Å²) in [5.74, 6) is 0.695. The van der Waals surface area contributed by atoms with Gasteiger partial charge in [0.15, 0.2) is 0 Å². The van der Waals surface area contributed by atoms with Crippen molar-refractivity contribution in [2.45, 2.75) is 19.4 Å². The summed E-state index contributed by atoms with van der Waals surface area (Å²) in [7, 11) is 0. The number of aromatic nitrogens is 2. The van der Waals surface area contributed by atoms with Gasteiger partial charge in [0, 0.05) is 30.0 Å². The highest BCUT2D eigenvalue weighted by atomic mass is 16.5. The van der Waals surface area contributed by atoms with Crippen LogP contribution in [0, 0.1) is 0 Å². The summed E-state index contributed by atoms with van der Waals surface area (Å²) in [6.07, 6.45) is 4.60. The molecule has 1 heterocycles. The first-order valence-corrected chi connectivity index (χ1v) is 6.57. The number of nitrogens with two attached hydrogens (primary N) is 1. The van der Waals surface area contributed by atoms with Crippen molar-refractivity contribution in [2.75, 3.05) is 6.54 Å². The van der Waals surface area contributed by atoms with Gasteiger partial charge in [-0.15, -0.1) is 0 Å². The molecule has 0 aliphatic rings. The number of hydrogen-bond donors (Lipinski definition) is 2. The molecule has 110 valence electrons. The average Bonchev–Trinajstić information content (AvgIpc) is 2.48. The van der Waals surface area contributed by atoms with Crippen LogP contribution in [0.4, 0.5) is 0 Å². The van der Waals surface area contributed by atoms with E-state index in [1.165, 1.54) is 12.4 Å². The standard InChI is InChI=1S/C15H18N4O2/c1-15(2,10-16)19-14(20)11-4-3-5-12(8-11)21-13-9-17-6-7-18-13/h3-9H,10,16H2,1-2H3,(H,19,20). The number of hydrogen-bond acceptors (Lipinski definition) is 5. The lowest BCUT2D eigenvalue weighted by Crippen LogP contribution is -2.48. The molecule has 0 saturated carbocycles. The highest BCUT2D eigenvalue weighted by Gasteiger charge is 2.19. The molecule has 0 atom stereocenters. The fourth-order valence-corrected chi connectivity index (χ4v) is 1.59. The Morgan fingerprint density at radius 2 is 2.19 bits per heavy atom. The molecule has 6 heteroatoms. The van der Waals surface area contributed by atoms with E-state index in [1.54, 1.807) is 30.5 Å². The van der Waals surface area contributed by atoms with Crippen molar-refractivity contribution in [2.24, 2.45) is 5.73 Å². The Morgan fingerprint density at radius 1 is 1.38 bits per heavy atom. The number of ether oxygens (including phenoxy) is 1. The molecule has 0 bridgehead atoms. The van der Waals surface area contributed by atoms with Gasteiger partial charge >= 0.3 is 0 Å². The van der Waals surface area contributed by atoms with Gasteiger partial charge in [0.2, 0.25) is 5.88 Å². The number of nitrogens with one attached hydrogen (secondary N) is 1. The highest BCUT2D eigenvalue weighted by Crippen LogP contribution is 2.19. The van der Waals surface area contributed by atoms with Crippen LogP contribution in [0.5, 0.6) is 11.6 Å². The number of amides is 1. The van der Waals surface area contributed by atoms with E-state index in [1.807, 2.05) is 13.8 Å². The molecule has 0 spiro atoms. The van der Waals surface area contributed by atoms with Gasteiger partial charge in [0.25, 0.3) is 5.91 Å². The maximum Gasteiger partial charge on any atom is 0.251 e. The van der Waals surface area contributed by atoms with Crippen molar-refractivity contribution in [3.05, 3.63) is 48.4 Å². The van der Waals surface area contributed by atoms with E-state index in [4.69, 9.17) is 10.5 Å². The van der Waals surface area contributed by atoms with E-state index in [9.17, 15) is 4.79 Å². The third kappa shape index (κ3) is 4.25. The largest absolute Gasteiger partial charge is 0.437 e. The molecular formula is C15H18N4O2. The van der Waals surface area contributed by atoms with Crippen LogP contribution in [0.15, 0.2) is 42.9 Å². The Morgan fingerprint density at radius 3 is 2.86 bits per heavy atom. The van der Waals surface area contributed by atoms with Crippen LogP contribution >= 0.6 is 0 Å². The topological polar surface area (TPSA) is 90.1 Å². The SMILES string of the molecule is CC(C)(CN)NC(=O)c1cccc(Oc2cnccn2)c1. The molecule has 21 heavy (non-hydrogen) atoms. The van der Waals surface area contributed by atoms with Crippen LogP contribution in [0.1, 0.15) is 24.2 Å². The molecule has 1 aromatic heterocycles. The molecule has 1 amide bonds. The zero-order chi connectivity index (χ0) is 15.3. The minimum Gasteiger partial charge on any atom is -0.437 e. The lowest BCUT2D eigenvalue weighted by Gasteiger charge is -2.24. The highest BCUT2D eigenvalue weighted by molar-refractivity contribution is 5.95. The van der Waals surface area contributed by atoms with Crippen molar-refractivity contribution in [1.82, 2.24) is 15.3 Å². The van der Waals surface area contributed by atoms with E-state index in [0.29, 0.717) is 23.7 Å². The maximum absolute atomic E-state index is 12.2. The summed E-state index contributed by atoms with van der Waals surface area (Å²) in [6.45, 7) is 4.09. The minimum absolute atomic E-state index is 0.199. The van der Waals surface area contributed by atoms with Gasteiger partial charge in [-0.2, -0.15) is 0 Å². The molecule has 0 radical (unpaired) electrons. The van der Waals surface area contributed by atoms with Gasteiger partial charge in [-0.25, -0.2) is 4.98 Å². The first-order chi connectivity index (χ1) is 10.00. The second-order valence-electron chi connectivity index (χ2n) is 5.22. The molecule has 0 unspecified atom stereocenters. The molecule has 0 saturated heterocycles. The fourth-order valence-electron chi connectivity index (χ4n) is 1.59. The normalized spacial score (nSPS) is 11.0. The van der Waals surface area contributed by atoms with Crippen molar-refractivity contribution in [1.29, 1.82) is 0 Å². The summed E-state index contributed by atoms with van der Waals surface area (Å²) in [4.78, 5) is 20.1. The van der Waals surface area contributed by atoms with Crippen LogP contribution in [0.3, 0.4) is 0 Å². The van der Waals surface area contributed by atoms with E-state index >= 15 is 0 Å². The van der Waals surface area contributed by atoms with Crippen molar-refractivity contribution in [3.63, 3.8) is 0 Å². The number of carbonyl (C=O) groups is 1. The number of benzene rings is 1. The predicted molar refractivity (Wildman–Crippen MR) is 79.1 cm³/mol. The van der Waals surface area contributed by atoms with Crippen LogP contribution < -0.4 is 15.8 Å². The Labute approximate surface area is 123 Å². The van der Waals surface area contributed by atoms with E-state index in [-0.39, 0.29) is 5.91 Å². The second kappa shape index (κ2) is 6.32. The van der Waals surface area contributed by atoms with Crippen molar-refractivity contribution < 1.29 is 9.53 Å². The zero-order valence-electron chi connectivity index (χ0n) is 12.0. The molecule has 2 rings (SSSR count). The molecule has 1 aromatic carbocycles. The zero-order valence-corrected chi connectivity index (χ0v) is 12.0. The Bertz CT molecular complexity index is 614. The van der Waals surface area contributed by atoms with Gasteiger partial charge in [-0.1, -0.05) is 6.07 Å². The quantitative estimate of drug-likeness (QED) is 0.873. The molecule has 6 nitrogen and oxygen atoms in total. The van der Waals surface area contributed by atoms with Gasteiger partial charge in [-0.05, 0) is 32.0 Å². The Hall–Kier alpha value is -2.47. The average molecular weight is 286 g/mol. The molecular weight excluding hydrogens is 268 g/mol. The summed E-state index contributed by atoms with van der Waals surface area (Å²) in [6, 6.07) is 6.86. The third-order valence-electron chi connectivity index (χ3n) is 2.82. The maximum atomic E-state index is 12.2. The Kier molecular flexibility index (Phi) is 4.49. The smallest absolute Gasteiger partial charge is 0.251 e. The summed E-state index contributed by atoms with van der Waals surface area (Å²) < 4.78 is 5.55. The Balaban J connectivity index is 2.12. The third-order valence-corrected chi connectivity index (χ3v) is 2.82. The van der Waals surface area contributed by atoms with Gasteiger partial charge in [-0.3, -0.25) is 9.78 Å². The molecule has 0 aliphatic carbocycles. The van der Waals surface area contributed by atoms with Crippen molar-refractivity contribution in [3.8, 4) is 11.6 Å². The van der Waals surface area contributed by atoms with Crippen LogP contribution in [0.2, 0.25) is 0 Å². The van der Waals surface area contributed by atoms with Gasteiger partial charge in [0.05, 0.1) is 6.20 Å². The summed E-state index contributed by atoms with van der Waals surface area (Å²) >= 11 is 0. The van der Waals surface area contributed by atoms with Crippen LogP contribution in [-0.4, -0.2) is 28.0 Å². The molecule has 3 N–H and O–H groups in total. The van der Waals surface area contributed by atoms with Crippen LogP contribution in [-0.2, 0) is 0 Å². The van der Waals surface area contributed by atoms with Gasteiger partial charge < -0.3 is 15.8 Å². The first-order valence-electron chi connectivity index (χ1n) is 6.57. The monoisotopic (exact) mass is 286 g/mol. The number of nitrogens with zero attached hydrogens (tertiary/aromatic N) is 2. The first kappa shape index (κ1) is 14.9. The number of carbonyl (C=O) groups excluding carboxylic acids is 1. The number of rotatable bonds is 5. The molecule has 2 aromatic rings. The lowest BCUT2D eigenvalue weighted by molar-refractivity contribution is 0.0915. The molecule has 0 aliphatic heterocycles. The fraction of sp³-hybridized carbons (Fsp3) is 0.267. The minimum atomic E-state index is -0.459. The van der Waals surface area contributed by atoms with Crippen molar-refractivity contribution >= 4 is 5.91 Å². The summed E-state index contributed by atoms with van der Waals surface area (Å²) in [5.41, 5.74) is 5.65. The van der Waals surface area contributed by atoms with E-state index < -0.39 is 5.54 Å². The predicted octanol–water partition coefficient (Wildman–Crippen LogP) is 1.74. The molecule has 0 fully saturated rings. The summed E-state index contributed by atoms with van der Waals surface area (Å²) in [5, 5.41) is 2.87. The van der Waals surface area contributed by atoms with E-state index in [2.05, 4.69) is 15.3 Å². The van der Waals surface area contributed by atoms with E-state index in [0.717, 1.165) is 0 Å². The van der Waals surface area contributed by atoms with Crippen LogP contribution in [0.25, 0.3) is 0 Å².